The van der Waals surface area contributed by atoms with Crippen LogP contribution in [0.4, 0.5) is 0 Å². The summed E-state index contributed by atoms with van der Waals surface area (Å²) >= 11 is 8.15. The van der Waals surface area contributed by atoms with Gasteiger partial charge in [-0.05, 0) is 54.1 Å². The van der Waals surface area contributed by atoms with Crippen molar-refractivity contribution < 1.29 is 9.90 Å². The lowest BCUT2D eigenvalue weighted by molar-refractivity contribution is -0.136. The van der Waals surface area contributed by atoms with E-state index in [0.29, 0.717) is 11.1 Å². The molecule has 0 bridgehead atoms. The number of aromatic amines is 1. The summed E-state index contributed by atoms with van der Waals surface area (Å²) in [6.45, 7) is 0. The lowest BCUT2D eigenvalue weighted by atomic mass is 9.96. The van der Waals surface area contributed by atoms with Crippen LogP contribution in [0.3, 0.4) is 0 Å². The number of nitrogens with one attached hydrogen (secondary N) is 2. The van der Waals surface area contributed by atoms with E-state index in [2.05, 4.69) is 9.71 Å². The molecule has 28 heavy (non-hydrogen) atoms. The quantitative estimate of drug-likeness (QED) is 0.430. The molecule has 0 radical (unpaired) electrons. The summed E-state index contributed by atoms with van der Waals surface area (Å²) < 4.78 is 3.54. The first kappa shape index (κ1) is 19.4. The number of rotatable bonds is 6. The smallest absolute Gasteiger partial charge is 0.307 e. The number of fused-ring (bicyclic) bond motifs is 1. The van der Waals surface area contributed by atoms with Crippen LogP contribution >= 0.6 is 23.5 Å². The minimum Gasteiger partial charge on any atom is -0.481 e. The lowest BCUT2D eigenvalue weighted by Crippen LogP contribution is -2.25. The second-order valence-electron chi connectivity index (χ2n) is 7.29. The van der Waals surface area contributed by atoms with Crippen molar-refractivity contribution in [2.45, 2.75) is 49.5 Å². The Bertz CT molecular complexity index is 995. The molecule has 1 aliphatic rings. The zero-order valence-electron chi connectivity index (χ0n) is 15.5. The summed E-state index contributed by atoms with van der Waals surface area (Å²) in [6, 6.07) is 14.3. The molecular weight excluding hydrogens is 392 g/mol. The molecule has 0 spiro atoms. The van der Waals surface area contributed by atoms with E-state index >= 15 is 0 Å². The molecule has 3 N–H and O–H groups in total. The second kappa shape index (κ2) is 8.60. The van der Waals surface area contributed by atoms with Gasteiger partial charge in [0, 0.05) is 21.8 Å². The fourth-order valence-electron chi connectivity index (χ4n) is 3.89. The van der Waals surface area contributed by atoms with Gasteiger partial charge in [0.15, 0.2) is 0 Å². The van der Waals surface area contributed by atoms with E-state index < -0.39 is 5.97 Å². The van der Waals surface area contributed by atoms with Crippen LogP contribution in [0.15, 0.2) is 47.4 Å². The highest BCUT2D eigenvalue weighted by Crippen LogP contribution is 2.35. The van der Waals surface area contributed by atoms with Crippen molar-refractivity contribution in [2.75, 3.05) is 0 Å². The molecule has 0 amide bonds. The van der Waals surface area contributed by atoms with Gasteiger partial charge >= 0.3 is 5.97 Å². The van der Waals surface area contributed by atoms with Gasteiger partial charge in [0.05, 0.1) is 17.1 Å². The van der Waals surface area contributed by atoms with E-state index in [0.717, 1.165) is 32.6 Å². The van der Waals surface area contributed by atoms with Crippen LogP contribution in [-0.4, -0.2) is 22.1 Å². The number of hydrogen-bond acceptors (Lipinski definition) is 3. The molecule has 1 fully saturated rings. The van der Waals surface area contributed by atoms with Gasteiger partial charge in [0.1, 0.15) is 0 Å². The number of benzene rings is 2. The number of hydrogen-bond donors (Lipinski definition) is 3. The summed E-state index contributed by atoms with van der Waals surface area (Å²) in [7, 11) is 0. The maximum absolute atomic E-state index is 11.4. The Morgan fingerprint density at radius 2 is 1.96 bits per heavy atom. The number of halogens is 1. The van der Waals surface area contributed by atoms with E-state index in [4.69, 9.17) is 11.6 Å². The fraction of sp³-hybridized carbons (Fsp3) is 0.318. The SMILES string of the molecule is O=C(O)Cc1c(-c2ccc(SNC3CCCCC3)c(Cl)c2)[nH]c2ccccc12. The third-order valence-corrected chi connectivity index (χ3v) is 6.75. The summed E-state index contributed by atoms with van der Waals surface area (Å²) in [5.41, 5.74) is 3.45. The van der Waals surface area contributed by atoms with Crippen LogP contribution < -0.4 is 4.72 Å². The van der Waals surface area contributed by atoms with Crippen LogP contribution in [-0.2, 0) is 11.2 Å². The van der Waals surface area contributed by atoms with Gasteiger partial charge in [-0.1, -0.05) is 55.1 Å². The number of aromatic nitrogens is 1. The average Bonchev–Trinajstić information content (AvgIpc) is 3.06. The Morgan fingerprint density at radius 3 is 2.71 bits per heavy atom. The Hall–Kier alpha value is -1.95. The number of carboxylic acids is 1. The molecule has 6 heteroatoms. The number of carbonyl (C=O) groups is 1. The van der Waals surface area contributed by atoms with Crippen molar-refractivity contribution in [2.24, 2.45) is 0 Å². The first-order valence-corrected chi connectivity index (χ1v) is 10.8. The highest BCUT2D eigenvalue weighted by Gasteiger charge is 2.17. The standard InChI is InChI=1S/C22H23ClN2O2S/c23-18-12-14(10-11-20(18)28-25-15-6-2-1-3-7-15)22-17(13-21(26)27)16-8-4-5-9-19(16)24-22/h4-5,8-12,15,24-25H,1-3,6-7,13H2,(H,26,27). The van der Waals surface area contributed by atoms with E-state index in [1.54, 1.807) is 11.9 Å². The Kier molecular flexibility index (Phi) is 5.95. The van der Waals surface area contributed by atoms with Crippen molar-refractivity contribution in [3.05, 3.63) is 53.1 Å². The third-order valence-electron chi connectivity index (χ3n) is 5.30. The highest BCUT2D eigenvalue weighted by molar-refractivity contribution is 7.97. The van der Waals surface area contributed by atoms with Gasteiger partial charge in [0.25, 0.3) is 0 Å². The van der Waals surface area contributed by atoms with Crippen molar-refractivity contribution in [1.82, 2.24) is 9.71 Å². The van der Waals surface area contributed by atoms with Gasteiger partial charge < -0.3 is 10.1 Å². The van der Waals surface area contributed by atoms with Crippen LogP contribution in [0.25, 0.3) is 22.2 Å². The Balaban J connectivity index is 1.61. The molecular formula is C22H23ClN2O2S. The molecule has 2 aromatic carbocycles. The molecule has 0 unspecified atom stereocenters. The largest absolute Gasteiger partial charge is 0.481 e. The highest BCUT2D eigenvalue weighted by atomic mass is 35.5. The summed E-state index contributed by atoms with van der Waals surface area (Å²) in [4.78, 5) is 15.8. The zero-order valence-corrected chi connectivity index (χ0v) is 17.1. The fourth-order valence-corrected chi connectivity index (χ4v) is 5.01. The summed E-state index contributed by atoms with van der Waals surface area (Å²) in [5.74, 6) is -0.846. The zero-order chi connectivity index (χ0) is 19.5. The van der Waals surface area contributed by atoms with E-state index in [1.165, 1.54) is 32.1 Å². The third kappa shape index (κ3) is 4.22. The average molecular weight is 415 g/mol. The normalized spacial score (nSPS) is 15.2. The minimum absolute atomic E-state index is 0.0310. The Labute approximate surface area is 173 Å². The van der Waals surface area contributed by atoms with Crippen LogP contribution in [0, 0.1) is 0 Å². The molecule has 0 atom stereocenters. The number of carboxylic acid groups (broad SMARTS) is 1. The maximum atomic E-state index is 11.4. The predicted octanol–water partition coefficient (Wildman–Crippen LogP) is 6.04. The molecule has 146 valence electrons. The molecule has 3 aromatic rings. The van der Waals surface area contributed by atoms with E-state index in [1.807, 2.05) is 42.5 Å². The monoisotopic (exact) mass is 414 g/mol. The first-order valence-electron chi connectivity index (χ1n) is 9.65. The topological polar surface area (TPSA) is 65.1 Å². The predicted molar refractivity (Wildman–Crippen MR) is 116 cm³/mol. The van der Waals surface area contributed by atoms with Crippen LogP contribution in [0.1, 0.15) is 37.7 Å². The summed E-state index contributed by atoms with van der Waals surface area (Å²) in [6.07, 6.45) is 6.32. The van der Waals surface area contributed by atoms with Gasteiger partial charge in [0.2, 0.25) is 0 Å². The maximum Gasteiger partial charge on any atom is 0.307 e. The second-order valence-corrected chi connectivity index (χ2v) is 8.58. The van der Waals surface area contributed by atoms with Crippen molar-refractivity contribution in [3.63, 3.8) is 0 Å². The minimum atomic E-state index is -0.846. The van der Waals surface area contributed by atoms with Crippen molar-refractivity contribution >= 4 is 40.4 Å². The number of para-hydroxylation sites is 1. The van der Waals surface area contributed by atoms with Crippen molar-refractivity contribution in [1.29, 1.82) is 0 Å². The van der Waals surface area contributed by atoms with Crippen LogP contribution in [0.5, 0.6) is 0 Å². The molecule has 1 aliphatic carbocycles. The lowest BCUT2D eigenvalue weighted by Gasteiger charge is -2.22. The molecule has 0 aliphatic heterocycles. The molecule has 4 nitrogen and oxygen atoms in total. The molecule has 1 heterocycles. The van der Waals surface area contributed by atoms with E-state index in [9.17, 15) is 9.90 Å². The molecule has 1 aromatic heterocycles. The Morgan fingerprint density at radius 1 is 1.18 bits per heavy atom. The molecule has 0 saturated heterocycles. The number of H-pyrrole nitrogens is 1. The first-order chi connectivity index (χ1) is 13.6. The molecule has 4 rings (SSSR count). The summed E-state index contributed by atoms with van der Waals surface area (Å²) in [5, 5.41) is 11.0. The van der Waals surface area contributed by atoms with Gasteiger partial charge in [-0.3, -0.25) is 9.52 Å². The van der Waals surface area contributed by atoms with E-state index in [-0.39, 0.29) is 6.42 Å². The van der Waals surface area contributed by atoms with Crippen molar-refractivity contribution in [3.8, 4) is 11.3 Å². The van der Waals surface area contributed by atoms with Gasteiger partial charge in [-0.2, -0.15) is 0 Å². The van der Waals surface area contributed by atoms with Gasteiger partial charge in [-0.15, -0.1) is 0 Å². The molecule has 1 saturated carbocycles. The van der Waals surface area contributed by atoms with Crippen LogP contribution in [0.2, 0.25) is 5.02 Å². The number of aliphatic carboxylic acids is 1. The van der Waals surface area contributed by atoms with Gasteiger partial charge in [-0.25, -0.2) is 0 Å².